The number of aliphatic hydroxyl groups excluding tert-OH is 1. The molecule has 2 N–H and O–H groups in total. The zero-order chi connectivity index (χ0) is 34.2. The lowest BCUT2D eigenvalue weighted by atomic mass is 9.98. The van der Waals surface area contributed by atoms with E-state index in [1.54, 1.807) is 18.2 Å². The third kappa shape index (κ3) is 6.36. The molecule has 6 rings (SSSR count). The Hall–Kier alpha value is -4.47. The van der Waals surface area contributed by atoms with Gasteiger partial charge < -0.3 is 29.6 Å². The highest BCUT2D eigenvalue weighted by molar-refractivity contribution is 6.00. The van der Waals surface area contributed by atoms with Crippen LogP contribution < -0.4 is 14.5 Å². The zero-order valence-corrected chi connectivity index (χ0v) is 27.5. The molecule has 2 saturated heterocycles. The number of carbonyl (C=O) groups excluding carboxylic acids is 1. The Morgan fingerprint density at radius 2 is 2.12 bits per heavy atom. The Kier molecular flexibility index (Phi) is 9.45. The van der Waals surface area contributed by atoms with Gasteiger partial charge in [-0.15, -0.1) is 6.42 Å². The number of likely N-dealkylation sites (N-methyl/N-ethyl adjacent to an activating group) is 1. The summed E-state index contributed by atoms with van der Waals surface area (Å²) in [4.78, 5) is 30.1. The molecule has 4 heterocycles. The number of nitrogens with zero attached hydrogens (tertiary/aromatic N) is 6. The molecule has 10 nitrogen and oxygen atoms in total. The molecule has 3 aliphatic heterocycles. The summed E-state index contributed by atoms with van der Waals surface area (Å²) in [6.07, 6.45) is 8.62. The van der Waals surface area contributed by atoms with Crippen LogP contribution in [0.1, 0.15) is 43.0 Å². The van der Waals surface area contributed by atoms with Crippen molar-refractivity contribution in [2.45, 2.75) is 56.9 Å². The summed E-state index contributed by atoms with van der Waals surface area (Å²) in [6.45, 7) is 8.18. The van der Waals surface area contributed by atoms with Gasteiger partial charge in [0.25, 0.3) is 0 Å². The third-order valence-corrected chi connectivity index (χ3v) is 9.94. The number of β-amino-alcohol motifs (C(OH)–C–C–N with tert-alkyl or cyclic N) is 1. The number of fused-ring (bicyclic) bond motifs is 2. The first-order chi connectivity index (χ1) is 23.0. The summed E-state index contributed by atoms with van der Waals surface area (Å²) in [5, 5.41) is 21.4. The van der Waals surface area contributed by atoms with Gasteiger partial charge in [-0.1, -0.05) is 18.6 Å². The predicted molar refractivity (Wildman–Crippen MR) is 181 cm³/mol. The molecule has 3 aliphatic rings. The minimum absolute atomic E-state index is 0.0164. The molecule has 1 aromatic heterocycles. The Balaban J connectivity index is 1.36. The largest absolute Gasteiger partial charge is 0.508 e. The maximum absolute atomic E-state index is 14.9. The Bertz CT molecular complexity index is 1760. The highest BCUT2D eigenvalue weighted by atomic mass is 19.1. The lowest BCUT2D eigenvalue weighted by molar-refractivity contribution is -0.126. The van der Waals surface area contributed by atoms with Crippen LogP contribution in [0.4, 0.5) is 20.3 Å². The lowest BCUT2D eigenvalue weighted by Gasteiger charge is -2.36. The number of hydrogen-bond donors (Lipinski definition) is 2. The number of ether oxygens (including phenoxy) is 1. The van der Waals surface area contributed by atoms with Gasteiger partial charge in [0.05, 0.1) is 29.9 Å². The minimum atomic E-state index is -1.03. The molecule has 3 aromatic rings. The molecule has 0 radical (unpaired) electrons. The maximum Gasteiger partial charge on any atom is 0.318 e. The Morgan fingerprint density at radius 3 is 2.88 bits per heavy atom. The second kappa shape index (κ2) is 13.6. The fourth-order valence-electron chi connectivity index (χ4n) is 7.59. The van der Waals surface area contributed by atoms with Crippen molar-refractivity contribution in [3.05, 3.63) is 59.6 Å². The standard InChI is InChI=1S/C36H42F2N6O4/c1-5-27-29(38)10-9-23-16-26(46)17-31(33(23)27)42-13-11-28-30(21-42)39-35(48-22-36(3)18-24(37)19-43(36)14-15-45)40-34(28)41(4)20-25-8-7-12-44(25)32(47)6-2/h1,6,9-10,16-17,24-25,45-46H,2,7-8,11-15,18-22H2,3-4H3/t24-,25+,36+/m1/s1. The highest BCUT2D eigenvalue weighted by Crippen LogP contribution is 2.39. The number of terminal acetylenes is 1. The first-order valence-electron chi connectivity index (χ1n) is 16.4. The van der Waals surface area contributed by atoms with Crippen LogP contribution in [0.5, 0.6) is 11.8 Å². The number of benzene rings is 2. The average Bonchev–Trinajstić information content (AvgIpc) is 3.65. The number of alkyl halides is 1. The summed E-state index contributed by atoms with van der Waals surface area (Å²) < 4.78 is 35.7. The van der Waals surface area contributed by atoms with Gasteiger partial charge >= 0.3 is 6.01 Å². The number of halogens is 2. The molecule has 0 aliphatic carbocycles. The number of carbonyl (C=O) groups is 1. The number of anilines is 2. The molecule has 2 fully saturated rings. The number of likely N-dealkylation sites (tertiary alicyclic amines) is 2. The molecule has 0 saturated carbocycles. The number of hydrogen-bond acceptors (Lipinski definition) is 9. The molecule has 3 atom stereocenters. The second-order valence-electron chi connectivity index (χ2n) is 13.2. The van der Waals surface area contributed by atoms with Gasteiger partial charge in [-0.3, -0.25) is 9.69 Å². The van der Waals surface area contributed by atoms with E-state index in [0.717, 1.165) is 18.4 Å². The molecule has 2 aromatic carbocycles. The summed E-state index contributed by atoms with van der Waals surface area (Å²) in [5.41, 5.74) is 1.67. The summed E-state index contributed by atoms with van der Waals surface area (Å²) in [5.74, 6) is 2.58. The lowest BCUT2D eigenvalue weighted by Crippen LogP contribution is -2.47. The molecular weight excluding hydrogens is 618 g/mol. The van der Waals surface area contributed by atoms with Gasteiger partial charge in [-0.2, -0.15) is 9.97 Å². The quantitative estimate of drug-likeness (QED) is 0.248. The van der Waals surface area contributed by atoms with Gasteiger partial charge in [0, 0.05) is 74.9 Å². The minimum Gasteiger partial charge on any atom is -0.508 e. The van der Waals surface area contributed by atoms with E-state index in [9.17, 15) is 23.8 Å². The van der Waals surface area contributed by atoms with Crippen molar-refractivity contribution in [2.24, 2.45) is 0 Å². The molecule has 0 spiro atoms. The summed E-state index contributed by atoms with van der Waals surface area (Å²) in [6, 6.07) is 6.17. The number of aliphatic hydroxyl groups is 1. The van der Waals surface area contributed by atoms with Crippen molar-refractivity contribution >= 4 is 28.2 Å². The SMILES string of the molecule is C#Cc1c(F)ccc2cc(O)cc(N3CCc4c(nc(OC[C@]5(C)C[C@@H](F)CN5CCO)nc4N(C)C[C@@H]4CCCN4C(=O)C=C)C3)c12. The van der Waals surface area contributed by atoms with Gasteiger partial charge in [0.2, 0.25) is 5.91 Å². The van der Waals surface area contributed by atoms with E-state index in [-0.39, 0.29) is 55.5 Å². The van der Waals surface area contributed by atoms with Gasteiger partial charge in [0.1, 0.15) is 30.2 Å². The molecule has 0 bridgehead atoms. The van der Waals surface area contributed by atoms with Crippen molar-refractivity contribution in [2.75, 3.05) is 62.8 Å². The summed E-state index contributed by atoms with van der Waals surface area (Å²) >= 11 is 0. The van der Waals surface area contributed by atoms with Gasteiger partial charge in [-0.05, 0) is 49.8 Å². The van der Waals surface area contributed by atoms with E-state index in [0.29, 0.717) is 67.1 Å². The fraction of sp³-hybridized carbons (Fsp3) is 0.472. The van der Waals surface area contributed by atoms with Crippen LogP contribution in [0.2, 0.25) is 0 Å². The van der Waals surface area contributed by atoms with Crippen LogP contribution in [0.3, 0.4) is 0 Å². The molecule has 48 heavy (non-hydrogen) atoms. The van der Waals surface area contributed by atoms with Crippen molar-refractivity contribution in [3.63, 3.8) is 0 Å². The Labute approximate surface area is 279 Å². The normalized spacial score (nSPS) is 22.5. The first-order valence-corrected chi connectivity index (χ1v) is 16.4. The van der Waals surface area contributed by atoms with Crippen molar-refractivity contribution < 1.29 is 28.5 Å². The van der Waals surface area contributed by atoms with Gasteiger partial charge in [-0.25, -0.2) is 8.78 Å². The topological polar surface area (TPSA) is 106 Å². The first kappa shape index (κ1) is 33.4. The number of phenolic OH excluding ortho intramolecular Hbond substituents is 1. The average molecular weight is 661 g/mol. The maximum atomic E-state index is 14.9. The Morgan fingerprint density at radius 1 is 1.31 bits per heavy atom. The zero-order valence-electron chi connectivity index (χ0n) is 27.5. The van der Waals surface area contributed by atoms with E-state index < -0.39 is 17.5 Å². The van der Waals surface area contributed by atoms with Crippen LogP contribution in [0, 0.1) is 18.2 Å². The number of aromatic hydroxyl groups is 1. The van der Waals surface area contributed by atoms with Crippen LogP contribution >= 0.6 is 0 Å². The third-order valence-electron chi connectivity index (χ3n) is 9.94. The second-order valence-corrected chi connectivity index (χ2v) is 13.2. The number of rotatable bonds is 10. The van der Waals surface area contributed by atoms with Crippen LogP contribution in [0.15, 0.2) is 36.9 Å². The molecule has 1 amide bonds. The number of phenols is 1. The van der Waals surface area contributed by atoms with Crippen molar-refractivity contribution in [1.29, 1.82) is 0 Å². The van der Waals surface area contributed by atoms with E-state index in [1.807, 2.05) is 33.6 Å². The fourth-order valence-corrected chi connectivity index (χ4v) is 7.59. The van der Waals surface area contributed by atoms with E-state index in [2.05, 4.69) is 12.5 Å². The monoisotopic (exact) mass is 660 g/mol. The summed E-state index contributed by atoms with van der Waals surface area (Å²) in [7, 11) is 1.94. The molecule has 254 valence electrons. The van der Waals surface area contributed by atoms with E-state index in [4.69, 9.17) is 21.1 Å². The van der Waals surface area contributed by atoms with Crippen LogP contribution in [-0.2, 0) is 17.8 Å². The number of aromatic nitrogens is 2. The van der Waals surface area contributed by atoms with Crippen molar-refractivity contribution in [1.82, 2.24) is 19.8 Å². The highest BCUT2D eigenvalue weighted by Gasteiger charge is 2.43. The number of amides is 1. The predicted octanol–water partition coefficient (Wildman–Crippen LogP) is 3.81. The van der Waals surface area contributed by atoms with Crippen molar-refractivity contribution in [3.8, 4) is 24.1 Å². The molecular formula is C36H42F2N6O4. The van der Waals surface area contributed by atoms with Crippen LogP contribution in [0.25, 0.3) is 10.8 Å². The van der Waals surface area contributed by atoms with Crippen LogP contribution in [-0.4, -0.2) is 107 Å². The van der Waals surface area contributed by atoms with Gasteiger partial charge in [0.15, 0.2) is 0 Å². The smallest absolute Gasteiger partial charge is 0.318 e. The molecule has 0 unspecified atom stereocenters. The van der Waals surface area contributed by atoms with E-state index in [1.165, 1.54) is 12.1 Å². The molecule has 12 heteroatoms. The van der Waals surface area contributed by atoms with E-state index >= 15 is 0 Å².